The number of nitrogens with zero attached hydrogens (tertiary/aromatic N) is 3. The zero-order valence-corrected chi connectivity index (χ0v) is 24.5. The maximum absolute atomic E-state index is 5.27. The first-order chi connectivity index (χ1) is 21.8. The average molecular weight is 580 g/mol. The second-order valence-corrected chi connectivity index (χ2v) is 12.1. The van der Waals surface area contributed by atoms with Crippen molar-refractivity contribution in [1.29, 1.82) is 0 Å². The summed E-state index contributed by atoms with van der Waals surface area (Å²) in [5.74, 6) is 0.714. The van der Waals surface area contributed by atoms with E-state index >= 15 is 0 Å². The normalized spacial score (nSPS) is 11.6. The van der Waals surface area contributed by atoms with Gasteiger partial charge in [-0.05, 0) is 36.4 Å². The van der Waals surface area contributed by atoms with E-state index in [4.69, 9.17) is 9.97 Å². The van der Waals surface area contributed by atoms with Crippen molar-refractivity contribution >= 4 is 53.3 Å². The van der Waals surface area contributed by atoms with Crippen LogP contribution in [0.4, 0.5) is 0 Å². The van der Waals surface area contributed by atoms with E-state index in [9.17, 15) is 0 Å². The van der Waals surface area contributed by atoms with Crippen LogP contribution in [0.25, 0.3) is 81.6 Å². The SMILES string of the molecule is c1ccc(-c2cc(-c3cccc4c3sc3ccccc34)nc(-c3ccc4c5ccccc5n(-c5ccccc5)c4c3)n2)cc1. The summed E-state index contributed by atoms with van der Waals surface area (Å²) in [6.07, 6.45) is 0. The largest absolute Gasteiger partial charge is 0.309 e. The van der Waals surface area contributed by atoms with Gasteiger partial charge >= 0.3 is 0 Å². The van der Waals surface area contributed by atoms with E-state index in [1.54, 1.807) is 0 Å². The van der Waals surface area contributed by atoms with E-state index in [0.29, 0.717) is 5.82 Å². The summed E-state index contributed by atoms with van der Waals surface area (Å²) in [6.45, 7) is 0. The van der Waals surface area contributed by atoms with Crippen LogP contribution in [0, 0.1) is 0 Å². The lowest BCUT2D eigenvalue weighted by Crippen LogP contribution is -1.97. The van der Waals surface area contributed by atoms with Crippen LogP contribution < -0.4 is 0 Å². The molecule has 206 valence electrons. The molecule has 0 radical (unpaired) electrons. The van der Waals surface area contributed by atoms with Crippen LogP contribution in [0.15, 0.2) is 152 Å². The highest BCUT2D eigenvalue weighted by Gasteiger charge is 2.17. The first-order valence-corrected chi connectivity index (χ1v) is 15.6. The Balaban J connectivity index is 1.31. The summed E-state index contributed by atoms with van der Waals surface area (Å²) in [7, 11) is 0. The summed E-state index contributed by atoms with van der Waals surface area (Å²) in [5.41, 5.74) is 8.47. The van der Waals surface area contributed by atoms with Crippen LogP contribution in [0.1, 0.15) is 0 Å². The Morgan fingerprint density at radius 3 is 2.00 bits per heavy atom. The zero-order valence-electron chi connectivity index (χ0n) is 23.7. The zero-order chi connectivity index (χ0) is 29.0. The quantitative estimate of drug-likeness (QED) is 0.208. The van der Waals surface area contributed by atoms with E-state index in [1.165, 1.54) is 36.5 Å². The van der Waals surface area contributed by atoms with Crippen molar-refractivity contribution in [3.8, 4) is 39.6 Å². The lowest BCUT2D eigenvalue weighted by atomic mass is 10.0. The van der Waals surface area contributed by atoms with Crippen molar-refractivity contribution < 1.29 is 0 Å². The van der Waals surface area contributed by atoms with Crippen LogP contribution in [0.5, 0.6) is 0 Å². The number of para-hydroxylation sites is 2. The number of rotatable bonds is 4. The molecule has 0 fully saturated rings. The van der Waals surface area contributed by atoms with Crippen LogP contribution in [-0.2, 0) is 0 Å². The highest BCUT2D eigenvalue weighted by molar-refractivity contribution is 7.26. The third kappa shape index (κ3) is 3.96. The lowest BCUT2D eigenvalue weighted by Gasteiger charge is -2.11. The maximum atomic E-state index is 5.27. The molecule has 0 aliphatic rings. The minimum absolute atomic E-state index is 0.714. The van der Waals surface area contributed by atoms with Gasteiger partial charge in [0.25, 0.3) is 0 Å². The first kappa shape index (κ1) is 25.0. The van der Waals surface area contributed by atoms with Gasteiger partial charge in [0.05, 0.1) is 22.4 Å². The van der Waals surface area contributed by atoms with Gasteiger partial charge in [-0.25, -0.2) is 9.97 Å². The predicted octanol–water partition coefficient (Wildman–Crippen LogP) is 10.9. The van der Waals surface area contributed by atoms with E-state index in [1.807, 2.05) is 17.4 Å². The van der Waals surface area contributed by atoms with Gasteiger partial charge in [-0.15, -0.1) is 11.3 Å². The standard InChI is InChI=1S/C40H25N3S/c1-3-12-26(13-4-1)34-25-35(33-19-11-18-32-31-17-8-10-21-38(31)44-39(32)33)42-40(41-34)27-22-23-30-29-16-7-9-20-36(29)43(37(30)24-27)28-14-5-2-6-15-28/h1-25H. The van der Waals surface area contributed by atoms with Gasteiger partial charge < -0.3 is 4.57 Å². The van der Waals surface area contributed by atoms with Crippen LogP contribution in [-0.4, -0.2) is 14.5 Å². The third-order valence-electron chi connectivity index (χ3n) is 8.42. The molecule has 6 aromatic carbocycles. The van der Waals surface area contributed by atoms with E-state index in [0.717, 1.165) is 39.3 Å². The monoisotopic (exact) mass is 579 g/mol. The second kappa shape index (κ2) is 10.0. The van der Waals surface area contributed by atoms with E-state index in [-0.39, 0.29) is 0 Å². The Labute approximate surface area is 258 Å². The molecule has 4 heteroatoms. The highest BCUT2D eigenvalue weighted by Crippen LogP contribution is 2.41. The predicted molar refractivity (Wildman–Crippen MR) is 186 cm³/mol. The van der Waals surface area contributed by atoms with Gasteiger partial charge in [-0.2, -0.15) is 0 Å². The fourth-order valence-corrected chi connectivity index (χ4v) is 7.61. The fraction of sp³-hybridized carbons (Fsp3) is 0. The molecule has 3 nitrogen and oxygen atoms in total. The van der Waals surface area contributed by atoms with E-state index in [2.05, 4.69) is 150 Å². The molecule has 9 aromatic rings. The molecule has 3 aromatic heterocycles. The summed E-state index contributed by atoms with van der Waals surface area (Å²) >= 11 is 1.83. The Bertz CT molecular complexity index is 2490. The van der Waals surface area contributed by atoms with Crippen LogP contribution in [0.3, 0.4) is 0 Å². The molecule has 0 N–H and O–H groups in total. The number of aromatic nitrogens is 3. The van der Waals surface area contributed by atoms with Crippen LogP contribution >= 0.6 is 11.3 Å². The molecule has 0 saturated carbocycles. The van der Waals surface area contributed by atoms with Gasteiger partial charge in [0.15, 0.2) is 5.82 Å². The Morgan fingerprint density at radius 1 is 0.455 bits per heavy atom. The van der Waals surface area contributed by atoms with Crippen LogP contribution in [0.2, 0.25) is 0 Å². The van der Waals surface area contributed by atoms with E-state index < -0.39 is 0 Å². The van der Waals surface area contributed by atoms with Crippen molar-refractivity contribution in [2.75, 3.05) is 0 Å². The lowest BCUT2D eigenvalue weighted by molar-refractivity contribution is 1.17. The molecule has 0 atom stereocenters. The fourth-order valence-electron chi connectivity index (χ4n) is 6.38. The Hall–Kier alpha value is -5.58. The van der Waals surface area contributed by atoms with Gasteiger partial charge in [0.2, 0.25) is 0 Å². The first-order valence-electron chi connectivity index (χ1n) is 14.8. The molecule has 0 aliphatic heterocycles. The molecule has 0 spiro atoms. The highest BCUT2D eigenvalue weighted by atomic mass is 32.1. The third-order valence-corrected chi connectivity index (χ3v) is 9.64. The second-order valence-electron chi connectivity index (χ2n) is 11.0. The van der Waals surface area contributed by atoms with Crippen molar-refractivity contribution in [2.24, 2.45) is 0 Å². The van der Waals surface area contributed by atoms with Gasteiger partial charge in [-0.3, -0.25) is 0 Å². The molecule has 44 heavy (non-hydrogen) atoms. The molecule has 0 amide bonds. The molecular weight excluding hydrogens is 555 g/mol. The summed E-state index contributed by atoms with van der Waals surface area (Å²) in [5, 5.41) is 4.99. The molecule has 0 aliphatic carbocycles. The van der Waals surface area contributed by atoms with Crippen molar-refractivity contribution in [3.05, 3.63) is 152 Å². The Kier molecular flexibility index (Phi) is 5.68. The number of thiophene rings is 1. The number of benzene rings is 6. The van der Waals surface area contributed by atoms with Gasteiger partial charge in [0, 0.05) is 53.3 Å². The summed E-state index contributed by atoms with van der Waals surface area (Å²) in [6, 6.07) is 53.5. The summed E-state index contributed by atoms with van der Waals surface area (Å²) in [4.78, 5) is 10.4. The molecule has 0 saturated heterocycles. The minimum atomic E-state index is 0.714. The minimum Gasteiger partial charge on any atom is -0.309 e. The molecule has 0 unspecified atom stereocenters. The van der Waals surface area contributed by atoms with Crippen molar-refractivity contribution in [3.63, 3.8) is 0 Å². The Morgan fingerprint density at radius 2 is 1.14 bits per heavy atom. The van der Waals surface area contributed by atoms with Crippen molar-refractivity contribution in [2.45, 2.75) is 0 Å². The molecular formula is C40H25N3S. The number of hydrogen-bond acceptors (Lipinski definition) is 3. The molecule has 0 bridgehead atoms. The van der Waals surface area contributed by atoms with Gasteiger partial charge in [-0.1, -0.05) is 115 Å². The average Bonchev–Trinajstić information content (AvgIpc) is 3.64. The molecule has 9 rings (SSSR count). The van der Waals surface area contributed by atoms with Crippen molar-refractivity contribution in [1.82, 2.24) is 14.5 Å². The smallest absolute Gasteiger partial charge is 0.160 e. The van der Waals surface area contributed by atoms with Gasteiger partial charge in [0.1, 0.15) is 0 Å². The number of hydrogen-bond donors (Lipinski definition) is 0. The number of fused-ring (bicyclic) bond motifs is 6. The topological polar surface area (TPSA) is 30.7 Å². The molecule has 3 heterocycles. The summed E-state index contributed by atoms with van der Waals surface area (Å²) < 4.78 is 4.87. The maximum Gasteiger partial charge on any atom is 0.160 e.